The topological polar surface area (TPSA) is 15.3 Å². The fourth-order valence-electron chi connectivity index (χ4n) is 3.17. The summed E-state index contributed by atoms with van der Waals surface area (Å²) in [5.41, 5.74) is -0.979. The van der Waals surface area contributed by atoms with Crippen molar-refractivity contribution < 1.29 is 17.6 Å². The van der Waals surface area contributed by atoms with Gasteiger partial charge in [-0.15, -0.1) is 24.8 Å². The maximum atomic E-state index is 14.2. The highest BCUT2D eigenvalue weighted by Gasteiger charge is 2.44. The lowest BCUT2D eigenvalue weighted by Crippen LogP contribution is -2.46. The second kappa shape index (κ2) is 8.01. The maximum absolute atomic E-state index is 14.2. The first kappa shape index (κ1) is 20.5. The summed E-state index contributed by atoms with van der Waals surface area (Å²) in [6, 6.07) is 2.83. The molecule has 0 spiro atoms. The maximum Gasteiger partial charge on any atom is 0.416 e. The molecule has 1 atom stereocenters. The Labute approximate surface area is 145 Å². The molecule has 3 rings (SSSR count). The molecule has 2 nitrogen and oxygen atoms in total. The first-order valence-corrected chi connectivity index (χ1v) is 7.29. The van der Waals surface area contributed by atoms with Gasteiger partial charge in [0, 0.05) is 37.8 Å². The van der Waals surface area contributed by atoms with Gasteiger partial charge in [-0.2, -0.15) is 13.2 Å². The van der Waals surface area contributed by atoms with Gasteiger partial charge in [0.15, 0.2) is 0 Å². The van der Waals surface area contributed by atoms with E-state index in [0.717, 1.165) is 44.1 Å². The Kier molecular flexibility index (Phi) is 7.13. The molecule has 0 unspecified atom stereocenters. The number of halogens is 6. The molecule has 1 N–H and O–H groups in total. The van der Waals surface area contributed by atoms with E-state index in [2.05, 4.69) is 5.32 Å². The number of hydrogen-bond donors (Lipinski definition) is 1. The molecule has 1 saturated heterocycles. The van der Waals surface area contributed by atoms with Crippen LogP contribution < -0.4 is 5.32 Å². The second-order valence-electron chi connectivity index (χ2n) is 5.77. The molecule has 0 aromatic heterocycles. The molecule has 0 bridgehead atoms. The minimum atomic E-state index is -4.52. The molecule has 1 aliphatic carbocycles. The van der Waals surface area contributed by atoms with E-state index < -0.39 is 23.6 Å². The van der Waals surface area contributed by atoms with Gasteiger partial charge < -0.3 is 5.32 Å². The van der Waals surface area contributed by atoms with Gasteiger partial charge >= 0.3 is 6.18 Å². The number of rotatable bonds is 3. The Morgan fingerprint density at radius 3 is 2.22 bits per heavy atom. The average molecular weight is 375 g/mol. The van der Waals surface area contributed by atoms with Gasteiger partial charge in [0.05, 0.1) is 5.56 Å². The lowest BCUT2D eigenvalue weighted by molar-refractivity contribution is -0.139. The van der Waals surface area contributed by atoms with Crippen molar-refractivity contribution in [3.05, 3.63) is 35.1 Å². The number of nitrogens with zero attached hydrogens (tertiary/aromatic N) is 1. The van der Waals surface area contributed by atoms with Crippen LogP contribution in [-0.2, 0) is 6.18 Å². The van der Waals surface area contributed by atoms with Gasteiger partial charge in [-0.05, 0) is 30.9 Å². The van der Waals surface area contributed by atoms with Crippen LogP contribution in [0.4, 0.5) is 17.6 Å². The van der Waals surface area contributed by atoms with Gasteiger partial charge in [-0.3, -0.25) is 4.90 Å². The van der Waals surface area contributed by atoms with E-state index in [0.29, 0.717) is 13.1 Å². The molecule has 2 aliphatic rings. The predicted octanol–water partition coefficient (Wildman–Crippen LogP) is 4.04. The number of piperazine rings is 1. The SMILES string of the molecule is Cl.Cl.Fc1cccc(C(F)(F)F)c1[C@H](C1CC1)N1CCNCC1. The molecule has 8 heteroatoms. The molecule has 0 amide bonds. The molecule has 1 aliphatic heterocycles. The van der Waals surface area contributed by atoms with E-state index in [1.54, 1.807) is 0 Å². The van der Waals surface area contributed by atoms with Crippen LogP contribution >= 0.6 is 24.8 Å². The Bertz CT molecular complexity index is 515. The summed E-state index contributed by atoms with van der Waals surface area (Å²) in [6.45, 7) is 2.79. The fourth-order valence-corrected chi connectivity index (χ4v) is 3.17. The van der Waals surface area contributed by atoms with Crippen molar-refractivity contribution in [1.29, 1.82) is 0 Å². The number of alkyl halides is 3. The number of benzene rings is 1. The van der Waals surface area contributed by atoms with Crippen molar-refractivity contribution in [1.82, 2.24) is 10.2 Å². The van der Waals surface area contributed by atoms with Gasteiger partial charge in [-0.1, -0.05) is 6.07 Å². The number of nitrogens with one attached hydrogen (secondary N) is 1. The van der Waals surface area contributed by atoms with Crippen LogP contribution in [0.5, 0.6) is 0 Å². The van der Waals surface area contributed by atoms with E-state index in [4.69, 9.17) is 0 Å². The summed E-state index contributed by atoms with van der Waals surface area (Å²) in [5.74, 6) is -0.596. The largest absolute Gasteiger partial charge is 0.416 e. The Balaban J connectivity index is 0.00000132. The summed E-state index contributed by atoms with van der Waals surface area (Å²) in [6.07, 6.45) is -2.76. The third-order valence-electron chi connectivity index (χ3n) is 4.27. The van der Waals surface area contributed by atoms with Crippen LogP contribution in [-0.4, -0.2) is 31.1 Å². The first-order chi connectivity index (χ1) is 9.98. The quantitative estimate of drug-likeness (QED) is 0.803. The van der Waals surface area contributed by atoms with E-state index in [9.17, 15) is 17.6 Å². The van der Waals surface area contributed by atoms with E-state index in [-0.39, 0.29) is 36.3 Å². The van der Waals surface area contributed by atoms with Gasteiger partial charge in [0.2, 0.25) is 0 Å². The average Bonchev–Trinajstić information content (AvgIpc) is 3.25. The second-order valence-corrected chi connectivity index (χ2v) is 5.77. The summed E-state index contributed by atoms with van der Waals surface area (Å²) in [7, 11) is 0. The first-order valence-electron chi connectivity index (χ1n) is 7.29. The molecule has 0 radical (unpaired) electrons. The Morgan fingerprint density at radius 2 is 1.70 bits per heavy atom. The van der Waals surface area contributed by atoms with Crippen LogP contribution in [0.2, 0.25) is 0 Å². The van der Waals surface area contributed by atoms with Crippen molar-refractivity contribution in [2.45, 2.75) is 25.1 Å². The minimum absolute atomic E-state index is 0. The summed E-state index contributed by atoms with van der Waals surface area (Å²) in [5, 5.41) is 3.18. The molecule has 1 saturated carbocycles. The van der Waals surface area contributed by atoms with Crippen molar-refractivity contribution >= 4 is 24.8 Å². The minimum Gasteiger partial charge on any atom is -0.314 e. The van der Waals surface area contributed by atoms with Gasteiger partial charge in [0.25, 0.3) is 0 Å². The molecule has 2 fully saturated rings. The van der Waals surface area contributed by atoms with Crippen molar-refractivity contribution in [2.24, 2.45) is 5.92 Å². The van der Waals surface area contributed by atoms with Gasteiger partial charge in [0.1, 0.15) is 5.82 Å². The van der Waals surface area contributed by atoms with Crippen LogP contribution in [0, 0.1) is 11.7 Å². The fraction of sp³-hybridized carbons (Fsp3) is 0.600. The third kappa shape index (κ3) is 4.50. The highest BCUT2D eigenvalue weighted by atomic mass is 35.5. The predicted molar refractivity (Wildman–Crippen MR) is 85.8 cm³/mol. The van der Waals surface area contributed by atoms with Crippen molar-refractivity contribution in [3.63, 3.8) is 0 Å². The molecule has 1 aromatic rings. The monoisotopic (exact) mass is 374 g/mol. The molecule has 23 heavy (non-hydrogen) atoms. The zero-order valence-electron chi connectivity index (χ0n) is 12.4. The van der Waals surface area contributed by atoms with Gasteiger partial charge in [-0.25, -0.2) is 4.39 Å². The summed E-state index contributed by atoms with van der Waals surface area (Å²) < 4.78 is 54.0. The molecular formula is C15H20Cl2F4N2. The molecular weight excluding hydrogens is 355 g/mol. The van der Waals surface area contributed by atoms with Crippen LogP contribution in [0.3, 0.4) is 0 Å². The molecule has 1 heterocycles. The summed E-state index contributed by atoms with van der Waals surface area (Å²) >= 11 is 0. The standard InChI is InChI=1S/C15H18F4N2.2ClH/c16-12-3-1-2-11(15(17,18)19)13(12)14(10-4-5-10)21-8-6-20-7-9-21;;/h1-3,10,14,20H,4-9H2;2*1H/t14-;;/m0../s1. The zero-order valence-corrected chi connectivity index (χ0v) is 14.0. The van der Waals surface area contributed by atoms with Crippen LogP contribution in [0.25, 0.3) is 0 Å². The van der Waals surface area contributed by atoms with E-state index >= 15 is 0 Å². The van der Waals surface area contributed by atoms with E-state index in [1.165, 1.54) is 0 Å². The summed E-state index contributed by atoms with van der Waals surface area (Å²) in [4.78, 5) is 2.00. The highest BCUT2D eigenvalue weighted by Crippen LogP contribution is 2.48. The van der Waals surface area contributed by atoms with E-state index in [1.807, 2.05) is 4.90 Å². The van der Waals surface area contributed by atoms with Crippen LogP contribution in [0.15, 0.2) is 18.2 Å². The van der Waals surface area contributed by atoms with Crippen molar-refractivity contribution in [3.8, 4) is 0 Å². The third-order valence-corrected chi connectivity index (χ3v) is 4.27. The van der Waals surface area contributed by atoms with Crippen LogP contribution in [0.1, 0.15) is 30.0 Å². The van der Waals surface area contributed by atoms with Crippen molar-refractivity contribution in [2.75, 3.05) is 26.2 Å². The highest BCUT2D eigenvalue weighted by molar-refractivity contribution is 5.85. The number of hydrogen-bond acceptors (Lipinski definition) is 2. The Hall–Kier alpha value is -0.560. The molecule has 132 valence electrons. The zero-order chi connectivity index (χ0) is 15.0. The smallest absolute Gasteiger partial charge is 0.314 e. The molecule has 1 aromatic carbocycles. The lowest BCUT2D eigenvalue weighted by Gasteiger charge is -2.36. The normalized spacial score (nSPS) is 20.3. The lowest BCUT2D eigenvalue weighted by atomic mass is 9.94. The Morgan fingerprint density at radius 1 is 1.09 bits per heavy atom.